The maximum atomic E-state index is 13.0. The van der Waals surface area contributed by atoms with Crippen molar-refractivity contribution in [2.24, 2.45) is 5.92 Å². The number of nitriles is 1. The van der Waals surface area contributed by atoms with E-state index < -0.39 is 5.92 Å². The molecule has 134 valence electrons. The first kappa shape index (κ1) is 17.0. The summed E-state index contributed by atoms with van der Waals surface area (Å²) in [5.74, 6) is -0.598. The highest BCUT2D eigenvalue weighted by Crippen LogP contribution is 2.33. The summed E-state index contributed by atoms with van der Waals surface area (Å²) in [6, 6.07) is 14.2. The van der Waals surface area contributed by atoms with Gasteiger partial charge in [0.15, 0.2) is 0 Å². The molecule has 2 aromatic rings. The van der Waals surface area contributed by atoms with Crippen molar-refractivity contribution in [1.29, 1.82) is 5.26 Å². The molecule has 0 aliphatic carbocycles. The number of hydrogen-bond acceptors (Lipinski definition) is 4. The van der Waals surface area contributed by atoms with Crippen molar-refractivity contribution >= 4 is 29.5 Å². The SMILES string of the molecule is N#Cc1cccc(N2CC(C(=O)N3CCc4cc(C=O)ccc43)CC2=O)c1. The maximum Gasteiger partial charge on any atom is 0.232 e. The smallest absolute Gasteiger partial charge is 0.232 e. The van der Waals surface area contributed by atoms with Crippen LogP contribution in [0.2, 0.25) is 0 Å². The van der Waals surface area contributed by atoms with Gasteiger partial charge in [-0.2, -0.15) is 5.26 Å². The minimum atomic E-state index is -0.417. The van der Waals surface area contributed by atoms with Crippen molar-refractivity contribution in [3.8, 4) is 6.07 Å². The van der Waals surface area contributed by atoms with Crippen molar-refractivity contribution < 1.29 is 14.4 Å². The van der Waals surface area contributed by atoms with E-state index in [1.165, 1.54) is 0 Å². The lowest BCUT2D eigenvalue weighted by molar-refractivity contribution is -0.124. The molecule has 1 fully saturated rings. The summed E-state index contributed by atoms with van der Waals surface area (Å²) >= 11 is 0. The Bertz CT molecular complexity index is 992. The summed E-state index contributed by atoms with van der Waals surface area (Å²) in [7, 11) is 0. The predicted octanol–water partition coefficient (Wildman–Crippen LogP) is 2.31. The van der Waals surface area contributed by atoms with Gasteiger partial charge in [-0.15, -0.1) is 0 Å². The molecule has 27 heavy (non-hydrogen) atoms. The maximum absolute atomic E-state index is 13.0. The fourth-order valence-electron chi connectivity index (χ4n) is 3.81. The van der Waals surface area contributed by atoms with Crippen molar-refractivity contribution in [3.63, 3.8) is 0 Å². The fraction of sp³-hybridized carbons (Fsp3) is 0.238. The topological polar surface area (TPSA) is 81.5 Å². The molecule has 1 unspecified atom stereocenters. The van der Waals surface area contributed by atoms with Crippen molar-refractivity contribution in [2.75, 3.05) is 22.9 Å². The zero-order valence-corrected chi connectivity index (χ0v) is 14.6. The third-order valence-corrected chi connectivity index (χ3v) is 5.16. The standard InChI is InChI=1S/C21H17N3O3/c22-11-14-2-1-3-18(9-14)24-12-17(10-20(24)26)21(27)23-7-6-16-8-15(13-25)4-5-19(16)23/h1-5,8-9,13,17H,6-7,10,12H2. The fourth-order valence-corrected chi connectivity index (χ4v) is 3.81. The molecule has 0 saturated carbocycles. The number of nitrogens with zero attached hydrogens (tertiary/aromatic N) is 3. The van der Waals surface area contributed by atoms with E-state index in [1.807, 2.05) is 6.07 Å². The highest BCUT2D eigenvalue weighted by Gasteiger charge is 2.39. The van der Waals surface area contributed by atoms with Gasteiger partial charge < -0.3 is 9.80 Å². The zero-order chi connectivity index (χ0) is 19.0. The second-order valence-corrected chi connectivity index (χ2v) is 6.81. The molecule has 6 heteroatoms. The number of carbonyl (C=O) groups is 3. The molecular formula is C21H17N3O3. The number of rotatable bonds is 3. The molecule has 4 rings (SSSR count). The molecular weight excluding hydrogens is 342 g/mol. The van der Waals surface area contributed by atoms with Gasteiger partial charge in [0.2, 0.25) is 11.8 Å². The average molecular weight is 359 g/mol. The summed E-state index contributed by atoms with van der Waals surface area (Å²) in [5, 5.41) is 9.05. The molecule has 2 aliphatic rings. The summed E-state index contributed by atoms with van der Waals surface area (Å²) < 4.78 is 0. The zero-order valence-electron chi connectivity index (χ0n) is 14.6. The molecule has 2 heterocycles. The number of hydrogen-bond donors (Lipinski definition) is 0. The van der Waals surface area contributed by atoms with E-state index in [-0.39, 0.29) is 18.2 Å². The van der Waals surface area contributed by atoms with Gasteiger partial charge in [0.05, 0.1) is 17.6 Å². The van der Waals surface area contributed by atoms with Crippen LogP contribution in [0.15, 0.2) is 42.5 Å². The highest BCUT2D eigenvalue weighted by molar-refractivity contribution is 6.05. The molecule has 2 amide bonds. The Kier molecular flexibility index (Phi) is 4.21. The van der Waals surface area contributed by atoms with E-state index in [0.717, 1.165) is 17.5 Å². The summed E-state index contributed by atoms with van der Waals surface area (Å²) in [5.41, 5.74) is 3.53. The van der Waals surface area contributed by atoms with Gasteiger partial charge in [-0.05, 0) is 48.4 Å². The van der Waals surface area contributed by atoms with Crippen LogP contribution in [0.1, 0.15) is 27.9 Å². The minimum absolute atomic E-state index is 0.0695. The summed E-state index contributed by atoms with van der Waals surface area (Å²) in [6.07, 6.45) is 1.67. The Morgan fingerprint density at radius 1 is 1.22 bits per heavy atom. The Balaban J connectivity index is 1.54. The second kappa shape index (κ2) is 6.69. The molecule has 0 bridgehead atoms. The molecule has 6 nitrogen and oxygen atoms in total. The number of benzene rings is 2. The second-order valence-electron chi connectivity index (χ2n) is 6.81. The Morgan fingerprint density at radius 2 is 2.07 bits per heavy atom. The molecule has 1 atom stereocenters. The van der Waals surface area contributed by atoms with Crippen LogP contribution < -0.4 is 9.80 Å². The first-order chi connectivity index (χ1) is 13.1. The van der Waals surface area contributed by atoms with Crippen LogP contribution in [0.5, 0.6) is 0 Å². The van der Waals surface area contributed by atoms with E-state index in [2.05, 4.69) is 6.07 Å². The number of carbonyl (C=O) groups excluding carboxylic acids is 3. The Hall–Kier alpha value is -3.46. The Morgan fingerprint density at radius 3 is 2.85 bits per heavy atom. The molecule has 0 aromatic heterocycles. The van der Waals surface area contributed by atoms with E-state index in [4.69, 9.17) is 5.26 Å². The normalized spacial score (nSPS) is 18.3. The molecule has 2 aromatic carbocycles. The van der Waals surface area contributed by atoms with Gasteiger partial charge in [-0.3, -0.25) is 14.4 Å². The lowest BCUT2D eigenvalue weighted by Gasteiger charge is -2.22. The molecule has 0 radical (unpaired) electrons. The van der Waals surface area contributed by atoms with Gasteiger partial charge in [0.25, 0.3) is 0 Å². The minimum Gasteiger partial charge on any atom is -0.312 e. The van der Waals surface area contributed by atoms with Gasteiger partial charge in [-0.1, -0.05) is 6.07 Å². The van der Waals surface area contributed by atoms with Crippen molar-refractivity contribution in [2.45, 2.75) is 12.8 Å². The van der Waals surface area contributed by atoms with Crippen LogP contribution >= 0.6 is 0 Å². The lowest BCUT2D eigenvalue weighted by Crippen LogP contribution is -2.36. The molecule has 1 saturated heterocycles. The van der Waals surface area contributed by atoms with Gasteiger partial charge in [0.1, 0.15) is 6.29 Å². The van der Waals surface area contributed by atoms with Gasteiger partial charge >= 0.3 is 0 Å². The van der Waals surface area contributed by atoms with E-state index in [9.17, 15) is 14.4 Å². The highest BCUT2D eigenvalue weighted by atomic mass is 16.2. The van der Waals surface area contributed by atoms with E-state index in [0.29, 0.717) is 36.3 Å². The molecule has 2 aliphatic heterocycles. The van der Waals surface area contributed by atoms with Crippen LogP contribution in [0.3, 0.4) is 0 Å². The number of anilines is 2. The monoisotopic (exact) mass is 359 g/mol. The van der Waals surface area contributed by atoms with Gasteiger partial charge in [0, 0.05) is 36.4 Å². The third kappa shape index (κ3) is 2.97. The van der Waals surface area contributed by atoms with Crippen LogP contribution in [-0.2, 0) is 16.0 Å². The van der Waals surface area contributed by atoms with Crippen LogP contribution in [0.25, 0.3) is 0 Å². The van der Waals surface area contributed by atoms with Crippen LogP contribution in [0.4, 0.5) is 11.4 Å². The first-order valence-electron chi connectivity index (χ1n) is 8.80. The van der Waals surface area contributed by atoms with E-state index in [1.54, 1.807) is 46.2 Å². The first-order valence-corrected chi connectivity index (χ1v) is 8.80. The molecule has 0 N–H and O–H groups in total. The quantitative estimate of drug-likeness (QED) is 0.788. The van der Waals surface area contributed by atoms with Crippen LogP contribution in [-0.4, -0.2) is 31.2 Å². The summed E-state index contributed by atoms with van der Waals surface area (Å²) in [4.78, 5) is 39.7. The number of amides is 2. The largest absolute Gasteiger partial charge is 0.312 e. The predicted molar refractivity (Wildman–Crippen MR) is 99.5 cm³/mol. The molecule has 0 spiro atoms. The van der Waals surface area contributed by atoms with Crippen molar-refractivity contribution in [1.82, 2.24) is 0 Å². The number of aldehydes is 1. The average Bonchev–Trinajstić information content (AvgIpc) is 3.30. The van der Waals surface area contributed by atoms with Crippen LogP contribution in [0, 0.1) is 17.2 Å². The van der Waals surface area contributed by atoms with E-state index >= 15 is 0 Å². The van der Waals surface area contributed by atoms with Crippen molar-refractivity contribution in [3.05, 3.63) is 59.2 Å². The lowest BCUT2D eigenvalue weighted by atomic mass is 10.1. The third-order valence-electron chi connectivity index (χ3n) is 5.16. The number of fused-ring (bicyclic) bond motifs is 1. The summed E-state index contributed by atoms with van der Waals surface area (Å²) in [6.45, 7) is 0.871. The van der Waals surface area contributed by atoms with Gasteiger partial charge in [-0.25, -0.2) is 0 Å². The Labute approximate surface area is 156 Å².